The molecule has 0 fully saturated rings. The number of benzene rings is 1. The van der Waals surface area contributed by atoms with Crippen molar-refractivity contribution in [2.45, 2.75) is 39.7 Å². The van der Waals surface area contributed by atoms with E-state index in [0.29, 0.717) is 34.0 Å². The van der Waals surface area contributed by atoms with Gasteiger partial charge in [-0.15, -0.1) is 0 Å². The van der Waals surface area contributed by atoms with Gasteiger partial charge < -0.3 is 15.4 Å². The number of ether oxygens (including phenoxy) is 1. The fraction of sp³-hybridized carbons (Fsp3) is 0.467. The third kappa shape index (κ3) is 5.52. The number of anilines is 1. The molecule has 0 atom stereocenters. The summed E-state index contributed by atoms with van der Waals surface area (Å²) in [5, 5.41) is 7.17. The summed E-state index contributed by atoms with van der Waals surface area (Å²) >= 11 is 11.3. The second-order valence-electron chi connectivity index (χ2n) is 4.53. The first-order chi connectivity index (χ1) is 10.0. The topological polar surface area (TPSA) is 50.4 Å². The second-order valence-corrected chi connectivity index (χ2v) is 5.34. The van der Waals surface area contributed by atoms with Crippen LogP contribution in [-0.4, -0.2) is 23.7 Å². The second kappa shape index (κ2) is 8.85. The van der Waals surface area contributed by atoms with E-state index in [2.05, 4.69) is 24.5 Å². The molecule has 0 saturated carbocycles. The Morgan fingerprint density at radius 1 is 1.33 bits per heavy atom. The van der Waals surface area contributed by atoms with Gasteiger partial charge in [0.1, 0.15) is 0 Å². The molecule has 0 bridgehead atoms. The lowest BCUT2D eigenvalue weighted by Gasteiger charge is -2.18. The Morgan fingerprint density at radius 2 is 2.00 bits per heavy atom. The maximum atomic E-state index is 11.8. The van der Waals surface area contributed by atoms with Gasteiger partial charge in [0.05, 0.1) is 17.2 Å². The largest absolute Gasteiger partial charge is 0.462 e. The minimum Gasteiger partial charge on any atom is -0.462 e. The van der Waals surface area contributed by atoms with E-state index in [0.717, 1.165) is 12.8 Å². The zero-order valence-electron chi connectivity index (χ0n) is 12.5. The number of hydrogen-bond donors (Lipinski definition) is 2. The van der Waals surface area contributed by atoms with Crippen molar-refractivity contribution in [3.63, 3.8) is 0 Å². The van der Waals surface area contributed by atoms with Crippen LogP contribution in [0.3, 0.4) is 0 Å². The van der Waals surface area contributed by atoms with Crippen LogP contribution in [0.5, 0.6) is 0 Å². The van der Waals surface area contributed by atoms with Crippen molar-refractivity contribution in [3.8, 4) is 0 Å². The van der Waals surface area contributed by atoms with Gasteiger partial charge in [-0.3, -0.25) is 0 Å². The van der Waals surface area contributed by atoms with Crippen LogP contribution in [0.4, 0.5) is 5.69 Å². The lowest BCUT2D eigenvalue weighted by Crippen LogP contribution is -2.36. The average Bonchev–Trinajstić information content (AvgIpc) is 2.47. The molecule has 1 rings (SSSR count). The number of carbonyl (C=O) groups excluding carboxylic acids is 1. The Morgan fingerprint density at radius 3 is 2.57 bits per heavy atom. The molecule has 0 aromatic heterocycles. The average molecular weight is 329 g/mol. The first-order valence-corrected chi connectivity index (χ1v) is 7.84. The minimum absolute atomic E-state index is 0.307. The fourth-order valence-electron chi connectivity index (χ4n) is 1.81. The highest BCUT2D eigenvalue weighted by Crippen LogP contribution is 2.21. The molecule has 0 radical (unpaired) electrons. The minimum atomic E-state index is -0.440. The normalized spacial score (nSPS) is 10.3. The smallest absolute Gasteiger partial charge is 0.339 e. The molecular formula is C15H21ClN2O2S. The van der Waals surface area contributed by atoms with Crippen molar-refractivity contribution in [3.05, 3.63) is 28.8 Å². The maximum Gasteiger partial charge on any atom is 0.339 e. The summed E-state index contributed by atoms with van der Waals surface area (Å²) in [6, 6.07) is 5.39. The Kier molecular flexibility index (Phi) is 7.47. The lowest BCUT2D eigenvalue weighted by molar-refractivity contribution is 0.0526. The Hall–Kier alpha value is -1.33. The zero-order chi connectivity index (χ0) is 15.8. The Labute approximate surface area is 136 Å². The number of nitrogens with one attached hydrogen (secondary N) is 2. The number of hydrogen-bond acceptors (Lipinski definition) is 3. The van der Waals surface area contributed by atoms with Gasteiger partial charge in [-0.1, -0.05) is 25.4 Å². The summed E-state index contributed by atoms with van der Waals surface area (Å²) in [4.78, 5) is 11.8. The predicted octanol–water partition coefficient (Wildman–Crippen LogP) is 3.99. The van der Waals surface area contributed by atoms with Gasteiger partial charge in [0.25, 0.3) is 0 Å². The molecular weight excluding hydrogens is 308 g/mol. The van der Waals surface area contributed by atoms with E-state index >= 15 is 0 Å². The summed E-state index contributed by atoms with van der Waals surface area (Å²) in [6.45, 7) is 6.26. The number of rotatable bonds is 6. The lowest BCUT2D eigenvalue weighted by atomic mass is 10.2. The van der Waals surface area contributed by atoms with Gasteiger partial charge in [-0.2, -0.15) is 0 Å². The first-order valence-electron chi connectivity index (χ1n) is 7.05. The van der Waals surface area contributed by atoms with Crippen LogP contribution in [0.25, 0.3) is 0 Å². The molecule has 2 N–H and O–H groups in total. The van der Waals surface area contributed by atoms with Crippen LogP contribution >= 0.6 is 23.8 Å². The van der Waals surface area contributed by atoms with E-state index in [9.17, 15) is 4.79 Å². The molecule has 1 aromatic carbocycles. The first kappa shape index (κ1) is 17.7. The molecule has 21 heavy (non-hydrogen) atoms. The number of esters is 1. The van der Waals surface area contributed by atoms with Gasteiger partial charge in [0, 0.05) is 11.7 Å². The molecule has 0 amide bonds. The summed E-state index contributed by atoms with van der Waals surface area (Å²) in [7, 11) is 0. The van der Waals surface area contributed by atoms with E-state index in [1.165, 1.54) is 0 Å². The van der Waals surface area contributed by atoms with Gasteiger partial charge in [0.15, 0.2) is 5.11 Å². The van der Waals surface area contributed by atoms with Crippen LogP contribution in [0.2, 0.25) is 5.02 Å². The monoisotopic (exact) mass is 328 g/mol. The van der Waals surface area contributed by atoms with Crippen molar-refractivity contribution >= 4 is 40.6 Å². The van der Waals surface area contributed by atoms with E-state index in [4.69, 9.17) is 28.6 Å². The highest BCUT2D eigenvalue weighted by atomic mass is 35.5. The van der Waals surface area contributed by atoms with Crippen LogP contribution in [0.15, 0.2) is 18.2 Å². The van der Waals surface area contributed by atoms with Crippen molar-refractivity contribution in [2.24, 2.45) is 0 Å². The van der Waals surface area contributed by atoms with Crippen molar-refractivity contribution in [1.29, 1.82) is 0 Å². The Bertz CT molecular complexity index is 504. The quantitative estimate of drug-likeness (QED) is 0.611. The molecule has 1 aromatic rings. The third-order valence-electron chi connectivity index (χ3n) is 3.04. The van der Waals surface area contributed by atoms with E-state index < -0.39 is 5.97 Å². The summed E-state index contributed by atoms with van der Waals surface area (Å²) < 4.78 is 4.97. The molecule has 4 nitrogen and oxygen atoms in total. The number of carbonyl (C=O) groups is 1. The highest BCUT2D eigenvalue weighted by molar-refractivity contribution is 7.80. The van der Waals surface area contributed by atoms with Crippen LogP contribution in [0.1, 0.15) is 44.0 Å². The molecule has 0 heterocycles. The van der Waals surface area contributed by atoms with E-state index in [1.54, 1.807) is 25.1 Å². The standard InChI is InChI=1S/C15H21ClN2O2S/c1-4-10(5-2)17-15(21)18-11-7-8-13(16)12(9-11)14(19)20-6-3/h7-10H,4-6H2,1-3H3,(H2,17,18,21). The molecule has 6 heteroatoms. The molecule has 0 aliphatic carbocycles. The van der Waals surface area contributed by atoms with Crippen LogP contribution < -0.4 is 10.6 Å². The van der Waals surface area contributed by atoms with E-state index in [-0.39, 0.29) is 0 Å². The molecule has 0 spiro atoms. The summed E-state index contributed by atoms with van der Waals surface area (Å²) in [5.41, 5.74) is 1.03. The number of halogens is 1. The summed E-state index contributed by atoms with van der Waals surface area (Å²) in [5.74, 6) is -0.440. The molecule has 0 saturated heterocycles. The van der Waals surface area contributed by atoms with Crippen molar-refractivity contribution in [1.82, 2.24) is 5.32 Å². The predicted molar refractivity (Wildman–Crippen MR) is 91.1 cm³/mol. The number of thiocarbonyl (C=S) groups is 1. The van der Waals surface area contributed by atoms with Gasteiger partial charge in [-0.25, -0.2) is 4.79 Å². The van der Waals surface area contributed by atoms with Gasteiger partial charge >= 0.3 is 5.97 Å². The molecule has 0 aliphatic rings. The van der Waals surface area contributed by atoms with Gasteiger partial charge in [-0.05, 0) is 50.2 Å². The van der Waals surface area contributed by atoms with E-state index in [1.807, 2.05) is 0 Å². The zero-order valence-corrected chi connectivity index (χ0v) is 14.1. The van der Waals surface area contributed by atoms with Crippen LogP contribution in [-0.2, 0) is 4.74 Å². The summed E-state index contributed by atoms with van der Waals surface area (Å²) in [6.07, 6.45) is 1.99. The maximum absolute atomic E-state index is 11.8. The van der Waals surface area contributed by atoms with Gasteiger partial charge in [0.2, 0.25) is 0 Å². The molecule has 116 valence electrons. The van der Waals surface area contributed by atoms with Crippen molar-refractivity contribution < 1.29 is 9.53 Å². The highest BCUT2D eigenvalue weighted by Gasteiger charge is 2.13. The fourth-order valence-corrected chi connectivity index (χ4v) is 2.29. The SMILES string of the molecule is CCOC(=O)c1cc(NC(=S)NC(CC)CC)ccc1Cl. The van der Waals surface area contributed by atoms with Crippen molar-refractivity contribution in [2.75, 3.05) is 11.9 Å². The van der Waals surface area contributed by atoms with Crippen LogP contribution in [0, 0.1) is 0 Å². The Balaban J connectivity index is 2.78. The third-order valence-corrected chi connectivity index (χ3v) is 3.59. The molecule has 0 unspecified atom stereocenters. The molecule has 0 aliphatic heterocycles.